The van der Waals surface area contributed by atoms with E-state index in [0.717, 1.165) is 12.1 Å². The number of piperidine rings is 1. The lowest BCUT2D eigenvalue weighted by molar-refractivity contribution is -0.137. The molecule has 208 valence electrons. The lowest BCUT2D eigenvalue weighted by Gasteiger charge is -2.47. The van der Waals surface area contributed by atoms with Crippen LogP contribution < -0.4 is 9.64 Å². The van der Waals surface area contributed by atoms with Gasteiger partial charge in [0.15, 0.2) is 0 Å². The monoisotopic (exact) mass is 566 g/mol. The number of methoxy groups -OCH3 is 1. The van der Waals surface area contributed by atoms with Crippen LogP contribution >= 0.6 is 0 Å². The van der Waals surface area contributed by atoms with Crippen molar-refractivity contribution in [2.24, 2.45) is 0 Å². The molecule has 13 heteroatoms. The Kier molecular flexibility index (Phi) is 7.49. The van der Waals surface area contributed by atoms with Gasteiger partial charge in [-0.3, -0.25) is 0 Å². The van der Waals surface area contributed by atoms with Crippen LogP contribution in [0.4, 0.5) is 23.2 Å². The number of fused-ring (bicyclic) bond motifs is 1. The SMILES string of the molecule is COc1cc(-c2cccc(C(F)(F)F)c2)c(F)cc1N1CCO[C@H]2CN(S(=O)(=O)Cc3ccncn3)CC[C@@H]21. The van der Waals surface area contributed by atoms with Gasteiger partial charge in [-0.05, 0) is 36.2 Å². The number of nitrogens with zero attached hydrogens (tertiary/aromatic N) is 4. The maximum atomic E-state index is 15.4. The molecule has 3 aromatic rings. The minimum absolute atomic E-state index is 0.0165. The Hall–Kier alpha value is -3.29. The predicted molar refractivity (Wildman–Crippen MR) is 135 cm³/mol. The normalized spacial score (nSPS) is 20.5. The number of aromatic nitrogens is 2. The summed E-state index contributed by atoms with van der Waals surface area (Å²) in [4.78, 5) is 9.74. The summed E-state index contributed by atoms with van der Waals surface area (Å²) < 4.78 is 94.0. The van der Waals surface area contributed by atoms with Crippen molar-refractivity contribution in [1.29, 1.82) is 0 Å². The molecule has 0 unspecified atom stereocenters. The maximum absolute atomic E-state index is 15.4. The Morgan fingerprint density at radius 3 is 2.69 bits per heavy atom. The molecule has 0 radical (unpaired) electrons. The number of halogens is 4. The molecule has 0 N–H and O–H groups in total. The molecule has 0 bridgehead atoms. The van der Waals surface area contributed by atoms with Crippen molar-refractivity contribution >= 4 is 15.7 Å². The number of sulfonamides is 1. The zero-order valence-electron chi connectivity index (χ0n) is 20.9. The van der Waals surface area contributed by atoms with E-state index in [0.29, 0.717) is 30.1 Å². The summed E-state index contributed by atoms with van der Waals surface area (Å²) in [5, 5.41) is 0. The molecular weight excluding hydrogens is 540 g/mol. The van der Waals surface area contributed by atoms with Crippen LogP contribution in [0.25, 0.3) is 11.1 Å². The fraction of sp³-hybridized carbons (Fsp3) is 0.385. The maximum Gasteiger partial charge on any atom is 0.416 e. The smallest absolute Gasteiger partial charge is 0.416 e. The molecule has 0 saturated carbocycles. The van der Waals surface area contributed by atoms with Gasteiger partial charge < -0.3 is 14.4 Å². The van der Waals surface area contributed by atoms with Gasteiger partial charge in [-0.2, -0.15) is 17.5 Å². The van der Waals surface area contributed by atoms with E-state index in [1.54, 1.807) is 6.07 Å². The van der Waals surface area contributed by atoms with Crippen molar-refractivity contribution in [3.8, 4) is 16.9 Å². The molecule has 1 aromatic heterocycles. The van der Waals surface area contributed by atoms with Gasteiger partial charge in [-0.25, -0.2) is 22.8 Å². The first kappa shape index (κ1) is 27.3. The van der Waals surface area contributed by atoms with E-state index in [9.17, 15) is 21.6 Å². The highest BCUT2D eigenvalue weighted by Gasteiger charge is 2.41. The van der Waals surface area contributed by atoms with Crippen molar-refractivity contribution < 1.29 is 35.5 Å². The van der Waals surface area contributed by atoms with Gasteiger partial charge in [0.25, 0.3) is 0 Å². The molecule has 2 aliphatic heterocycles. The molecule has 5 rings (SSSR count). The first-order chi connectivity index (χ1) is 18.6. The lowest BCUT2D eigenvalue weighted by atomic mass is 9.97. The predicted octanol–water partition coefficient (Wildman–Crippen LogP) is 4.12. The number of hydrogen-bond donors (Lipinski definition) is 0. The van der Waals surface area contributed by atoms with Crippen molar-refractivity contribution in [3.05, 3.63) is 72.1 Å². The van der Waals surface area contributed by atoms with Crippen LogP contribution in [-0.2, 0) is 26.7 Å². The highest BCUT2D eigenvalue weighted by atomic mass is 32.2. The minimum Gasteiger partial charge on any atom is -0.495 e. The summed E-state index contributed by atoms with van der Waals surface area (Å²) in [6.45, 7) is 1.05. The minimum atomic E-state index is -4.56. The van der Waals surface area contributed by atoms with Crippen LogP contribution in [0.1, 0.15) is 17.7 Å². The third-order valence-corrected chi connectivity index (χ3v) is 8.78. The molecule has 0 aliphatic carbocycles. The van der Waals surface area contributed by atoms with Gasteiger partial charge in [-0.15, -0.1) is 0 Å². The van der Waals surface area contributed by atoms with Crippen LogP contribution in [0.15, 0.2) is 55.0 Å². The molecule has 2 aromatic carbocycles. The van der Waals surface area contributed by atoms with Gasteiger partial charge in [0.05, 0.1) is 42.8 Å². The third-order valence-electron chi connectivity index (χ3n) is 7.00. The highest BCUT2D eigenvalue weighted by molar-refractivity contribution is 7.88. The van der Waals surface area contributed by atoms with E-state index in [-0.39, 0.29) is 42.6 Å². The number of rotatable bonds is 6. The highest BCUT2D eigenvalue weighted by Crippen LogP contribution is 2.40. The number of alkyl halides is 3. The first-order valence-corrected chi connectivity index (χ1v) is 13.8. The van der Waals surface area contributed by atoms with Gasteiger partial charge in [0, 0.05) is 37.5 Å². The molecule has 2 aliphatic rings. The summed E-state index contributed by atoms with van der Waals surface area (Å²) in [5.74, 6) is -0.659. The fourth-order valence-electron chi connectivity index (χ4n) is 5.11. The Bertz CT molecular complexity index is 1440. The van der Waals surface area contributed by atoms with Gasteiger partial charge in [0.1, 0.15) is 23.6 Å². The van der Waals surface area contributed by atoms with E-state index in [4.69, 9.17) is 9.47 Å². The molecule has 0 spiro atoms. The third kappa shape index (κ3) is 5.70. The van der Waals surface area contributed by atoms with Crippen molar-refractivity contribution in [2.75, 3.05) is 38.3 Å². The van der Waals surface area contributed by atoms with Gasteiger partial charge in [-0.1, -0.05) is 12.1 Å². The van der Waals surface area contributed by atoms with Gasteiger partial charge >= 0.3 is 6.18 Å². The number of hydrogen-bond acceptors (Lipinski definition) is 7. The van der Waals surface area contributed by atoms with Crippen molar-refractivity contribution in [1.82, 2.24) is 14.3 Å². The second-order valence-corrected chi connectivity index (χ2v) is 11.3. The molecule has 2 fully saturated rings. The fourth-order valence-corrected chi connectivity index (χ4v) is 6.60. The van der Waals surface area contributed by atoms with Crippen LogP contribution in [0.2, 0.25) is 0 Å². The zero-order chi connectivity index (χ0) is 27.8. The van der Waals surface area contributed by atoms with Crippen LogP contribution in [-0.4, -0.2) is 68.2 Å². The van der Waals surface area contributed by atoms with Crippen LogP contribution in [0, 0.1) is 5.82 Å². The Morgan fingerprint density at radius 2 is 1.97 bits per heavy atom. The molecule has 2 saturated heterocycles. The van der Waals surface area contributed by atoms with Gasteiger partial charge in [0.2, 0.25) is 10.0 Å². The van der Waals surface area contributed by atoms with Crippen LogP contribution in [0.5, 0.6) is 5.75 Å². The summed E-state index contributed by atoms with van der Waals surface area (Å²) in [5.41, 5.74) is 0.00645. The van der Waals surface area contributed by atoms with Crippen molar-refractivity contribution in [2.45, 2.75) is 30.5 Å². The van der Waals surface area contributed by atoms with E-state index >= 15 is 4.39 Å². The average molecular weight is 567 g/mol. The number of anilines is 1. The molecule has 2 atom stereocenters. The zero-order valence-corrected chi connectivity index (χ0v) is 21.8. The van der Waals surface area contributed by atoms with Crippen LogP contribution in [0.3, 0.4) is 0 Å². The average Bonchev–Trinajstić information content (AvgIpc) is 2.92. The lowest BCUT2D eigenvalue weighted by Crippen LogP contribution is -2.60. The molecule has 0 amide bonds. The van der Waals surface area contributed by atoms with E-state index in [2.05, 4.69) is 9.97 Å². The number of ether oxygens (including phenoxy) is 2. The largest absolute Gasteiger partial charge is 0.495 e. The molecule has 39 heavy (non-hydrogen) atoms. The van der Waals surface area contributed by atoms with E-state index in [1.807, 2.05) is 4.90 Å². The Balaban J connectivity index is 1.39. The summed E-state index contributed by atoms with van der Waals surface area (Å²) in [7, 11) is -2.25. The molecule has 3 heterocycles. The van der Waals surface area contributed by atoms with E-state index in [1.165, 1.54) is 48.2 Å². The first-order valence-electron chi connectivity index (χ1n) is 12.2. The topological polar surface area (TPSA) is 84.9 Å². The molecule has 8 nitrogen and oxygen atoms in total. The number of benzene rings is 2. The van der Waals surface area contributed by atoms with Crippen molar-refractivity contribution in [3.63, 3.8) is 0 Å². The summed E-state index contributed by atoms with van der Waals surface area (Å²) in [6.07, 6.45) is -1.82. The van der Waals surface area contributed by atoms with E-state index < -0.39 is 33.7 Å². The molecular formula is C26H26F4N4O4S. The summed E-state index contributed by atoms with van der Waals surface area (Å²) >= 11 is 0. The quantitative estimate of drug-likeness (QED) is 0.415. The second kappa shape index (κ2) is 10.7. The standard InChI is InChI=1S/C26H26F4N4O4S/c1-37-24-12-20(17-3-2-4-18(11-17)26(28,29)30)21(27)13-23(24)34-9-10-38-25-14-33(8-6-22(25)34)39(35,36)15-19-5-7-31-16-32-19/h2-5,7,11-13,16,22,25H,6,8-10,14-15H2,1H3/t22-,25-/m0/s1. The Morgan fingerprint density at radius 1 is 1.15 bits per heavy atom. The number of morpholine rings is 1. The second-order valence-electron chi connectivity index (χ2n) is 9.36. The summed E-state index contributed by atoms with van der Waals surface area (Å²) in [6, 6.07) is 8.43. The Labute approximate surface area is 223 Å².